The van der Waals surface area contributed by atoms with Gasteiger partial charge in [-0.2, -0.15) is 5.10 Å². The molecule has 1 N–H and O–H groups in total. The molecule has 2 heterocycles. The summed E-state index contributed by atoms with van der Waals surface area (Å²) in [4.78, 5) is 4.50. The van der Waals surface area contributed by atoms with Gasteiger partial charge in [0, 0.05) is 18.5 Å². The molecule has 1 aliphatic carbocycles. The smallest absolute Gasteiger partial charge is 0.157 e. The van der Waals surface area contributed by atoms with Gasteiger partial charge in [0.15, 0.2) is 5.65 Å². The van der Waals surface area contributed by atoms with E-state index < -0.39 is 0 Å². The van der Waals surface area contributed by atoms with Crippen LogP contribution in [0.25, 0.3) is 11.0 Å². The van der Waals surface area contributed by atoms with Crippen molar-refractivity contribution in [2.75, 3.05) is 5.32 Å². The zero-order chi connectivity index (χ0) is 12.5. The Morgan fingerprint density at radius 3 is 2.83 bits per heavy atom. The van der Waals surface area contributed by atoms with Crippen molar-refractivity contribution in [1.29, 1.82) is 0 Å². The van der Waals surface area contributed by atoms with Crippen molar-refractivity contribution < 1.29 is 0 Å². The molecule has 0 radical (unpaired) electrons. The molecule has 2 aromatic heterocycles. The van der Waals surface area contributed by atoms with Crippen LogP contribution in [0.1, 0.15) is 37.8 Å². The minimum Gasteiger partial charge on any atom is -0.381 e. The highest BCUT2D eigenvalue weighted by molar-refractivity contribution is 5.81. The summed E-state index contributed by atoms with van der Waals surface area (Å²) in [6.45, 7) is 2.04. The van der Waals surface area contributed by atoms with E-state index in [2.05, 4.69) is 21.5 Å². The lowest BCUT2D eigenvalue weighted by Crippen LogP contribution is -2.22. The highest BCUT2D eigenvalue weighted by atomic mass is 15.3. The molecular weight excluding hydrogens is 224 g/mol. The van der Waals surface area contributed by atoms with Gasteiger partial charge in [0.2, 0.25) is 0 Å². The van der Waals surface area contributed by atoms with Crippen LogP contribution in [0.3, 0.4) is 0 Å². The van der Waals surface area contributed by atoms with Crippen molar-refractivity contribution in [3.8, 4) is 0 Å². The summed E-state index contributed by atoms with van der Waals surface area (Å²) in [6.07, 6.45) is 8.57. The molecule has 0 amide bonds. The van der Waals surface area contributed by atoms with E-state index in [1.807, 2.05) is 24.9 Å². The van der Waals surface area contributed by atoms with Gasteiger partial charge in [0.05, 0.1) is 17.6 Å². The first-order chi connectivity index (χ1) is 8.74. The molecule has 1 fully saturated rings. The zero-order valence-corrected chi connectivity index (χ0v) is 11.1. The molecule has 4 heteroatoms. The van der Waals surface area contributed by atoms with E-state index >= 15 is 0 Å². The number of aryl methyl sites for hydroxylation is 2. The Morgan fingerprint density at radius 1 is 1.28 bits per heavy atom. The largest absolute Gasteiger partial charge is 0.381 e. The van der Waals surface area contributed by atoms with Crippen LogP contribution in [-0.2, 0) is 7.05 Å². The maximum atomic E-state index is 4.50. The van der Waals surface area contributed by atoms with Gasteiger partial charge in [-0.15, -0.1) is 0 Å². The predicted octanol–water partition coefficient (Wildman–Crippen LogP) is 3.02. The molecule has 0 bridgehead atoms. The Morgan fingerprint density at radius 2 is 2.06 bits per heavy atom. The molecule has 0 atom stereocenters. The molecule has 0 aliphatic heterocycles. The summed E-state index contributed by atoms with van der Waals surface area (Å²) in [5.41, 5.74) is 3.14. The Bertz CT molecular complexity index is 552. The molecule has 4 nitrogen and oxygen atoms in total. The number of aromatic nitrogens is 3. The van der Waals surface area contributed by atoms with Gasteiger partial charge in [-0.1, -0.05) is 19.3 Å². The van der Waals surface area contributed by atoms with Crippen LogP contribution in [0.4, 0.5) is 5.69 Å². The Kier molecular flexibility index (Phi) is 2.94. The number of pyridine rings is 1. The molecule has 18 heavy (non-hydrogen) atoms. The fraction of sp³-hybridized carbons (Fsp3) is 0.571. The highest BCUT2D eigenvalue weighted by Gasteiger charge is 2.14. The first-order valence-corrected chi connectivity index (χ1v) is 6.80. The lowest BCUT2D eigenvalue weighted by atomic mass is 9.95. The second-order valence-electron chi connectivity index (χ2n) is 5.28. The number of hydrogen-bond donors (Lipinski definition) is 1. The van der Waals surface area contributed by atoms with Crippen molar-refractivity contribution >= 4 is 16.7 Å². The lowest BCUT2D eigenvalue weighted by molar-refractivity contribution is 0.462. The predicted molar refractivity (Wildman–Crippen MR) is 73.7 cm³/mol. The van der Waals surface area contributed by atoms with Crippen molar-refractivity contribution in [1.82, 2.24) is 14.8 Å². The van der Waals surface area contributed by atoms with Gasteiger partial charge >= 0.3 is 0 Å². The van der Waals surface area contributed by atoms with E-state index in [1.54, 1.807) is 0 Å². The molecule has 1 saturated carbocycles. The van der Waals surface area contributed by atoms with Crippen molar-refractivity contribution in [2.45, 2.75) is 45.1 Å². The van der Waals surface area contributed by atoms with Gasteiger partial charge in [0.1, 0.15) is 0 Å². The minimum atomic E-state index is 0.620. The molecule has 0 saturated heterocycles. The summed E-state index contributed by atoms with van der Waals surface area (Å²) in [5.74, 6) is 0. The van der Waals surface area contributed by atoms with E-state index in [-0.39, 0.29) is 0 Å². The summed E-state index contributed by atoms with van der Waals surface area (Å²) >= 11 is 0. The van der Waals surface area contributed by atoms with E-state index in [4.69, 9.17) is 0 Å². The number of nitrogens with one attached hydrogen (secondary N) is 1. The van der Waals surface area contributed by atoms with Crippen LogP contribution in [-0.4, -0.2) is 20.8 Å². The van der Waals surface area contributed by atoms with E-state index in [9.17, 15) is 0 Å². The fourth-order valence-electron chi connectivity index (χ4n) is 2.87. The van der Waals surface area contributed by atoms with Crippen molar-refractivity contribution in [2.24, 2.45) is 7.05 Å². The topological polar surface area (TPSA) is 42.7 Å². The quantitative estimate of drug-likeness (QED) is 0.883. The standard InChI is InChI=1S/C14H20N4/c1-10-13-8-12(9-15-14(13)18(2)17-10)16-11-6-4-3-5-7-11/h8-9,11,16H,3-7H2,1-2H3. The molecule has 0 unspecified atom stereocenters. The average molecular weight is 244 g/mol. The van der Waals surface area contributed by atoms with Gasteiger partial charge < -0.3 is 5.32 Å². The number of fused-ring (bicyclic) bond motifs is 1. The van der Waals surface area contributed by atoms with Crippen LogP contribution >= 0.6 is 0 Å². The molecule has 0 spiro atoms. The molecule has 3 rings (SSSR count). The molecule has 0 aromatic carbocycles. The molecule has 96 valence electrons. The Balaban J connectivity index is 1.86. The summed E-state index contributed by atoms with van der Waals surface area (Å²) in [7, 11) is 1.94. The van der Waals surface area contributed by atoms with Gasteiger partial charge in [-0.05, 0) is 25.8 Å². The first-order valence-electron chi connectivity index (χ1n) is 6.80. The highest BCUT2D eigenvalue weighted by Crippen LogP contribution is 2.24. The van der Waals surface area contributed by atoms with E-state index in [1.165, 1.54) is 32.1 Å². The Hall–Kier alpha value is -1.58. The second-order valence-corrected chi connectivity index (χ2v) is 5.28. The summed E-state index contributed by atoms with van der Waals surface area (Å²) in [6, 6.07) is 2.80. The van der Waals surface area contributed by atoms with Crippen molar-refractivity contribution in [3.05, 3.63) is 18.0 Å². The second kappa shape index (κ2) is 4.59. The number of anilines is 1. The summed E-state index contributed by atoms with van der Waals surface area (Å²) < 4.78 is 1.84. The van der Waals surface area contributed by atoms with Crippen LogP contribution in [0, 0.1) is 6.92 Å². The molecule has 2 aromatic rings. The van der Waals surface area contributed by atoms with Gasteiger partial charge in [-0.3, -0.25) is 4.68 Å². The fourth-order valence-corrected chi connectivity index (χ4v) is 2.87. The molecule has 1 aliphatic rings. The van der Waals surface area contributed by atoms with Gasteiger partial charge in [-0.25, -0.2) is 4.98 Å². The number of hydrogen-bond acceptors (Lipinski definition) is 3. The van der Waals surface area contributed by atoms with Crippen LogP contribution in [0.15, 0.2) is 12.3 Å². The van der Waals surface area contributed by atoms with Crippen molar-refractivity contribution in [3.63, 3.8) is 0 Å². The van der Waals surface area contributed by atoms with Crippen LogP contribution < -0.4 is 5.32 Å². The third kappa shape index (κ3) is 2.07. The van der Waals surface area contributed by atoms with Crippen LogP contribution in [0.5, 0.6) is 0 Å². The Labute approximate surface area is 107 Å². The first kappa shape index (κ1) is 11.5. The monoisotopic (exact) mass is 244 g/mol. The van der Waals surface area contributed by atoms with Crippen LogP contribution in [0.2, 0.25) is 0 Å². The minimum absolute atomic E-state index is 0.620. The third-order valence-corrected chi connectivity index (χ3v) is 3.84. The zero-order valence-electron chi connectivity index (χ0n) is 11.1. The van der Waals surface area contributed by atoms with E-state index in [0.29, 0.717) is 6.04 Å². The SMILES string of the molecule is Cc1nn(C)c2ncc(NC3CCCCC3)cc12. The lowest BCUT2D eigenvalue weighted by Gasteiger charge is -2.23. The van der Waals surface area contributed by atoms with Gasteiger partial charge in [0.25, 0.3) is 0 Å². The van der Waals surface area contributed by atoms with E-state index in [0.717, 1.165) is 22.4 Å². The number of nitrogens with zero attached hydrogens (tertiary/aromatic N) is 3. The number of rotatable bonds is 2. The maximum absolute atomic E-state index is 4.50. The third-order valence-electron chi connectivity index (χ3n) is 3.84. The maximum Gasteiger partial charge on any atom is 0.157 e. The summed E-state index contributed by atoms with van der Waals surface area (Å²) in [5, 5.41) is 9.17. The average Bonchev–Trinajstić information content (AvgIpc) is 2.66. The molecular formula is C14H20N4. The normalized spacial score (nSPS) is 17.2.